The predicted octanol–water partition coefficient (Wildman–Crippen LogP) is 2.62. The molecular formula is C10H11FO. The Labute approximate surface area is 71.2 Å². The lowest BCUT2D eigenvalue weighted by Crippen LogP contribution is -2.05. The third-order valence-corrected chi connectivity index (χ3v) is 1.56. The number of ketones is 1. The van der Waals surface area contributed by atoms with Crippen molar-refractivity contribution in [2.45, 2.75) is 19.5 Å². The fraction of sp³-hybridized carbons (Fsp3) is 0.300. The first-order valence-corrected chi connectivity index (χ1v) is 3.92. The van der Waals surface area contributed by atoms with Gasteiger partial charge in [0.15, 0.2) is 5.78 Å². The second kappa shape index (κ2) is 4.00. The molecule has 64 valence electrons. The zero-order valence-electron chi connectivity index (χ0n) is 6.96. The Bertz CT molecular complexity index is 254. The molecule has 1 nitrogen and oxygen atoms in total. The summed E-state index contributed by atoms with van der Waals surface area (Å²) in [6.45, 7) is 1.39. The average Bonchev–Trinajstić information content (AvgIpc) is 2.05. The van der Waals surface area contributed by atoms with Crippen LogP contribution >= 0.6 is 0 Å². The molecule has 0 bridgehead atoms. The Balaban J connectivity index is 2.66. The van der Waals surface area contributed by atoms with E-state index < -0.39 is 6.17 Å². The first-order chi connectivity index (χ1) is 5.70. The molecule has 0 aromatic heterocycles. The Morgan fingerprint density at radius 3 is 2.50 bits per heavy atom. The van der Waals surface area contributed by atoms with Gasteiger partial charge in [0.2, 0.25) is 0 Å². The molecule has 0 saturated carbocycles. The van der Waals surface area contributed by atoms with Gasteiger partial charge in [0.05, 0.1) is 0 Å². The van der Waals surface area contributed by atoms with Crippen molar-refractivity contribution in [2.24, 2.45) is 0 Å². The number of carbonyl (C=O) groups is 1. The van der Waals surface area contributed by atoms with Crippen LogP contribution in [0.25, 0.3) is 0 Å². The molecule has 0 saturated heterocycles. The number of benzene rings is 1. The van der Waals surface area contributed by atoms with Crippen molar-refractivity contribution in [1.29, 1.82) is 0 Å². The maximum Gasteiger partial charge on any atom is 0.165 e. The van der Waals surface area contributed by atoms with E-state index in [9.17, 15) is 9.18 Å². The molecule has 0 radical (unpaired) electrons. The quantitative estimate of drug-likeness (QED) is 0.631. The highest BCUT2D eigenvalue weighted by Gasteiger charge is 2.08. The normalized spacial score (nSPS) is 12.5. The number of Topliss-reactive ketones (excluding diaryl/α,β-unsaturated/α-hetero) is 1. The summed E-state index contributed by atoms with van der Waals surface area (Å²) in [5, 5.41) is 0. The number of alkyl halides is 1. The van der Waals surface area contributed by atoms with Gasteiger partial charge in [-0.15, -0.1) is 0 Å². The highest BCUT2D eigenvalue weighted by Crippen LogP contribution is 2.06. The SMILES string of the molecule is CC(F)CC(=O)c1ccccc1. The molecule has 12 heavy (non-hydrogen) atoms. The molecule has 0 spiro atoms. The van der Waals surface area contributed by atoms with Crippen LogP contribution in [0.15, 0.2) is 30.3 Å². The Morgan fingerprint density at radius 2 is 2.00 bits per heavy atom. The lowest BCUT2D eigenvalue weighted by atomic mass is 10.1. The van der Waals surface area contributed by atoms with Gasteiger partial charge >= 0.3 is 0 Å². The van der Waals surface area contributed by atoms with E-state index >= 15 is 0 Å². The number of hydrogen-bond acceptors (Lipinski definition) is 1. The molecule has 1 rings (SSSR count). The van der Waals surface area contributed by atoms with Gasteiger partial charge in [0, 0.05) is 12.0 Å². The second-order valence-corrected chi connectivity index (χ2v) is 2.77. The molecule has 0 aliphatic carbocycles. The molecule has 1 atom stereocenters. The third kappa shape index (κ3) is 2.46. The fourth-order valence-corrected chi connectivity index (χ4v) is 0.997. The fourth-order valence-electron chi connectivity index (χ4n) is 0.997. The van der Waals surface area contributed by atoms with Crippen molar-refractivity contribution < 1.29 is 9.18 Å². The van der Waals surface area contributed by atoms with Crippen LogP contribution in [0, 0.1) is 0 Å². The summed E-state index contributed by atoms with van der Waals surface area (Å²) in [6, 6.07) is 8.78. The van der Waals surface area contributed by atoms with Crippen molar-refractivity contribution in [3.8, 4) is 0 Å². The maximum absolute atomic E-state index is 12.4. The lowest BCUT2D eigenvalue weighted by molar-refractivity contribution is 0.0953. The molecule has 0 fully saturated rings. The summed E-state index contributed by atoms with van der Waals surface area (Å²) < 4.78 is 12.4. The van der Waals surface area contributed by atoms with Crippen molar-refractivity contribution in [3.05, 3.63) is 35.9 Å². The first kappa shape index (κ1) is 8.91. The molecule has 0 N–H and O–H groups in total. The van der Waals surface area contributed by atoms with E-state index in [1.54, 1.807) is 24.3 Å². The van der Waals surface area contributed by atoms with Gasteiger partial charge in [-0.05, 0) is 6.92 Å². The van der Waals surface area contributed by atoms with Gasteiger partial charge in [0.25, 0.3) is 0 Å². The van der Waals surface area contributed by atoms with Crippen LogP contribution in [0.5, 0.6) is 0 Å². The minimum atomic E-state index is -1.06. The Kier molecular flexibility index (Phi) is 2.97. The van der Waals surface area contributed by atoms with Gasteiger partial charge in [-0.3, -0.25) is 4.79 Å². The lowest BCUT2D eigenvalue weighted by Gasteiger charge is -2.00. The number of halogens is 1. The summed E-state index contributed by atoms with van der Waals surface area (Å²) in [7, 11) is 0. The third-order valence-electron chi connectivity index (χ3n) is 1.56. The van der Waals surface area contributed by atoms with Crippen molar-refractivity contribution in [1.82, 2.24) is 0 Å². The van der Waals surface area contributed by atoms with E-state index in [0.29, 0.717) is 5.56 Å². The van der Waals surface area contributed by atoms with Crippen molar-refractivity contribution >= 4 is 5.78 Å². The Morgan fingerprint density at radius 1 is 1.42 bits per heavy atom. The molecule has 1 aromatic carbocycles. The van der Waals surface area contributed by atoms with Crippen LogP contribution in [-0.2, 0) is 0 Å². The van der Waals surface area contributed by atoms with Crippen molar-refractivity contribution in [2.75, 3.05) is 0 Å². The van der Waals surface area contributed by atoms with Crippen LogP contribution in [0.4, 0.5) is 4.39 Å². The smallest absolute Gasteiger partial charge is 0.165 e. The summed E-state index contributed by atoms with van der Waals surface area (Å²) >= 11 is 0. The summed E-state index contributed by atoms with van der Waals surface area (Å²) in [6.07, 6.45) is -1.08. The minimum absolute atomic E-state index is 0.0238. The molecule has 0 aliphatic rings. The van der Waals surface area contributed by atoms with E-state index in [2.05, 4.69) is 0 Å². The van der Waals surface area contributed by atoms with E-state index in [0.717, 1.165) is 0 Å². The molecule has 0 heterocycles. The zero-order valence-corrected chi connectivity index (χ0v) is 6.96. The van der Waals surface area contributed by atoms with E-state index in [-0.39, 0.29) is 12.2 Å². The number of hydrogen-bond donors (Lipinski definition) is 0. The summed E-state index contributed by atoms with van der Waals surface area (Å²) in [4.78, 5) is 11.2. The largest absolute Gasteiger partial charge is 0.294 e. The van der Waals surface area contributed by atoms with Crippen LogP contribution in [0.3, 0.4) is 0 Å². The van der Waals surface area contributed by atoms with Crippen molar-refractivity contribution in [3.63, 3.8) is 0 Å². The van der Waals surface area contributed by atoms with E-state index in [1.165, 1.54) is 6.92 Å². The Hall–Kier alpha value is -1.18. The first-order valence-electron chi connectivity index (χ1n) is 3.92. The molecule has 1 unspecified atom stereocenters. The van der Waals surface area contributed by atoms with Gasteiger partial charge < -0.3 is 0 Å². The molecule has 2 heteroatoms. The van der Waals surface area contributed by atoms with Crippen LogP contribution in [0.1, 0.15) is 23.7 Å². The van der Waals surface area contributed by atoms with Gasteiger partial charge in [0.1, 0.15) is 6.17 Å². The van der Waals surface area contributed by atoms with Gasteiger partial charge in [-0.1, -0.05) is 30.3 Å². The molecule has 1 aromatic rings. The van der Waals surface area contributed by atoms with E-state index in [4.69, 9.17) is 0 Å². The standard InChI is InChI=1S/C10H11FO/c1-8(11)7-10(12)9-5-3-2-4-6-9/h2-6,8H,7H2,1H3. The number of rotatable bonds is 3. The summed E-state index contributed by atoms with van der Waals surface area (Å²) in [5.74, 6) is -0.134. The van der Waals surface area contributed by atoms with Gasteiger partial charge in [-0.25, -0.2) is 4.39 Å². The molecule has 0 aliphatic heterocycles. The maximum atomic E-state index is 12.4. The van der Waals surface area contributed by atoms with Crippen LogP contribution < -0.4 is 0 Å². The van der Waals surface area contributed by atoms with Crippen LogP contribution in [-0.4, -0.2) is 12.0 Å². The highest BCUT2D eigenvalue weighted by molar-refractivity contribution is 5.96. The van der Waals surface area contributed by atoms with Crippen LogP contribution in [0.2, 0.25) is 0 Å². The minimum Gasteiger partial charge on any atom is -0.294 e. The average molecular weight is 166 g/mol. The predicted molar refractivity (Wildman–Crippen MR) is 46.0 cm³/mol. The highest BCUT2D eigenvalue weighted by atomic mass is 19.1. The zero-order chi connectivity index (χ0) is 8.97. The monoisotopic (exact) mass is 166 g/mol. The second-order valence-electron chi connectivity index (χ2n) is 2.77. The summed E-state index contributed by atoms with van der Waals surface area (Å²) in [5.41, 5.74) is 0.585. The number of carbonyl (C=O) groups excluding carboxylic acids is 1. The molecule has 0 amide bonds. The molecular weight excluding hydrogens is 155 g/mol. The van der Waals surface area contributed by atoms with Gasteiger partial charge in [-0.2, -0.15) is 0 Å². The van der Waals surface area contributed by atoms with E-state index in [1.807, 2.05) is 6.07 Å². The topological polar surface area (TPSA) is 17.1 Å².